The Labute approximate surface area is 136 Å². The van der Waals surface area contributed by atoms with Crippen molar-refractivity contribution in [1.29, 1.82) is 0 Å². The minimum atomic E-state index is -0.338. The van der Waals surface area contributed by atoms with Crippen molar-refractivity contribution in [2.24, 2.45) is 0 Å². The fourth-order valence-electron chi connectivity index (χ4n) is 1.98. The third-order valence-electron chi connectivity index (χ3n) is 3.07. The van der Waals surface area contributed by atoms with Crippen LogP contribution in [0.1, 0.15) is 20.8 Å². The van der Waals surface area contributed by atoms with E-state index < -0.39 is 0 Å². The molecule has 0 fully saturated rings. The zero-order valence-electron chi connectivity index (χ0n) is 11.6. The molecule has 2 heterocycles. The van der Waals surface area contributed by atoms with Crippen LogP contribution < -0.4 is 0 Å². The summed E-state index contributed by atoms with van der Waals surface area (Å²) < 4.78 is 7.78. The Bertz CT molecular complexity index is 751. The second kappa shape index (κ2) is 6.77. The van der Waals surface area contributed by atoms with E-state index in [-0.39, 0.29) is 12.6 Å². The molecule has 0 saturated carbocycles. The number of aromatic nitrogens is 2. The van der Waals surface area contributed by atoms with Gasteiger partial charge in [0.25, 0.3) is 0 Å². The fourth-order valence-corrected chi connectivity index (χ4v) is 2.98. The Kier molecular flexibility index (Phi) is 4.56. The summed E-state index contributed by atoms with van der Waals surface area (Å²) in [6.45, 7) is 0.918. The van der Waals surface area contributed by atoms with Crippen LogP contribution in [0.2, 0.25) is 4.34 Å². The maximum absolute atomic E-state index is 12.0. The maximum Gasteiger partial charge on any atom is 0.338 e. The Balaban J connectivity index is 1.58. The van der Waals surface area contributed by atoms with E-state index in [9.17, 15) is 4.79 Å². The SMILES string of the molecule is O=C(OCc1ccc(Cl)s1)c1ccc(Cn2cccn2)cc1. The number of thiophene rings is 1. The Morgan fingerprint density at radius 3 is 2.68 bits per heavy atom. The number of nitrogens with zero attached hydrogens (tertiary/aromatic N) is 2. The van der Waals surface area contributed by atoms with E-state index in [1.54, 1.807) is 24.4 Å². The normalized spacial score (nSPS) is 10.6. The fraction of sp³-hybridized carbons (Fsp3) is 0.125. The van der Waals surface area contributed by atoms with E-state index in [1.165, 1.54) is 11.3 Å². The van der Waals surface area contributed by atoms with Gasteiger partial charge in [0, 0.05) is 17.3 Å². The van der Waals surface area contributed by atoms with Gasteiger partial charge in [0.15, 0.2) is 0 Å². The van der Waals surface area contributed by atoms with Gasteiger partial charge in [-0.25, -0.2) is 4.79 Å². The Hall–Kier alpha value is -2.11. The molecule has 22 heavy (non-hydrogen) atoms. The smallest absolute Gasteiger partial charge is 0.338 e. The molecule has 0 bridgehead atoms. The molecule has 4 nitrogen and oxygen atoms in total. The predicted octanol–water partition coefficient (Wildman–Crippen LogP) is 4.00. The lowest BCUT2D eigenvalue weighted by Crippen LogP contribution is -2.05. The minimum Gasteiger partial charge on any atom is -0.456 e. The van der Waals surface area contributed by atoms with Crippen LogP contribution in [0, 0.1) is 0 Å². The number of carbonyl (C=O) groups is 1. The molecular formula is C16H13ClN2O2S. The van der Waals surface area contributed by atoms with Crippen LogP contribution in [-0.4, -0.2) is 15.7 Å². The van der Waals surface area contributed by atoms with Gasteiger partial charge in [-0.05, 0) is 35.9 Å². The van der Waals surface area contributed by atoms with Crippen LogP contribution in [0.25, 0.3) is 0 Å². The number of esters is 1. The summed E-state index contributed by atoms with van der Waals surface area (Å²) in [5.74, 6) is -0.338. The van der Waals surface area contributed by atoms with E-state index in [4.69, 9.17) is 16.3 Å². The molecule has 0 saturated heterocycles. The van der Waals surface area contributed by atoms with Crippen molar-refractivity contribution in [2.75, 3.05) is 0 Å². The number of ether oxygens (including phenoxy) is 1. The number of halogens is 1. The number of hydrogen-bond acceptors (Lipinski definition) is 4. The highest BCUT2D eigenvalue weighted by atomic mass is 35.5. The van der Waals surface area contributed by atoms with Gasteiger partial charge in [-0.3, -0.25) is 4.68 Å². The molecule has 0 atom stereocenters. The first kappa shape index (κ1) is 14.8. The summed E-state index contributed by atoms with van der Waals surface area (Å²) in [5.41, 5.74) is 1.61. The monoisotopic (exact) mass is 332 g/mol. The van der Waals surface area contributed by atoms with E-state index >= 15 is 0 Å². The van der Waals surface area contributed by atoms with Gasteiger partial charge >= 0.3 is 5.97 Å². The summed E-state index contributed by atoms with van der Waals surface area (Å²) in [5, 5.41) is 4.15. The lowest BCUT2D eigenvalue weighted by molar-refractivity contribution is 0.0477. The number of carbonyl (C=O) groups excluding carboxylic acids is 1. The predicted molar refractivity (Wildman–Crippen MR) is 86.2 cm³/mol. The maximum atomic E-state index is 12.0. The van der Waals surface area contributed by atoms with Crippen LogP contribution in [0.15, 0.2) is 54.9 Å². The summed E-state index contributed by atoms with van der Waals surface area (Å²) in [6.07, 6.45) is 3.64. The first-order chi connectivity index (χ1) is 10.7. The summed E-state index contributed by atoms with van der Waals surface area (Å²) in [4.78, 5) is 12.9. The van der Waals surface area contributed by atoms with Crippen molar-refractivity contribution in [1.82, 2.24) is 9.78 Å². The van der Waals surface area contributed by atoms with Crippen molar-refractivity contribution >= 4 is 28.9 Å². The minimum absolute atomic E-state index is 0.241. The average Bonchev–Trinajstić information content (AvgIpc) is 3.17. The molecule has 0 aliphatic carbocycles. The highest BCUT2D eigenvalue weighted by Crippen LogP contribution is 2.22. The van der Waals surface area contributed by atoms with E-state index in [2.05, 4.69) is 5.10 Å². The highest BCUT2D eigenvalue weighted by Gasteiger charge is 2.08. The zero-order valence-corrected chi connectivity index (χ0v) is 13.2. The van der Waals surface area contributed by atoms with Gasteiger partial charge in [-0.15, -0.1) is 11.3 Å². The van der Waals surface area contributed by atoms with Gasteiger partial charge in [-0.1, -0.05) is 23.7 Å². The van der Waals surface area contributed by atoms with Crippen LogP contribution >= 0.6 is 22.9 Å². The molecule has 2 aromatic heterocycles. The van der Waals surface area contributed by atoms with Crippen molar-refractivity contribution in [3.05, 3.63) is 75.2 Å². The van der Waals surface area contributed by atoms with E-state index in [0.717, 1.165) is 10.4 Å². The molecule has 6 heteroatoms. The van der Waals surface area contributed by atoms with Gasteiger partial charge in [0.1, 0.15) is 6.61 Å². The topological polar surface area (TPSA) is 44.1 Å². The van der Waals surface area contributed by atoms with Gasteiger partial charge in [0.05, 0.1) is 16.4 Å². The largest absolute Gasteiger partial charge is 0.456 e. The average molecular weight is 333 g/mol. The standard InChI is InChI=1S/C16H13ClN2O2S/c17-15-7-6-14(22-15)11-21-16(20)13-4-2-12(3-5-13)10-19-9-1-8-18-19/h1-9H,10-11H2. The van der Waals surface area contributed by atoms with Crippen LogP contribution in [0.5, 0.6) is 0 Å². The third-order valence-corrected chi connectivity index (χ3v) is 4.27. The van der Waals surface area contributed by atoms with Crippen molar-refractivity contribution in [3.63, 3.8) is 0 Å². The molecule has 0 radical (unpaired) electrons. The van der Waals surface area contributed by atoms with Crippen molar-refractivity contribution in [2.45, 2.75) is 13.2 Å². The first-order valence-electron chi connectivity index (χ1n) is 6.68. The zero-order chi connectivity index (χ0) is 15.4. The first-order valence-corrected chi connectivity index (χ1v) is 7.88. The second-order valence-electron chi connectivity index (χ2n) is 4.68. The van der Waals surface area contributed by atoms with E-state index in [0.29, 0.717) is 16.4 Å². The van der Waals surface area contributed by atoms with Crippen molar-refractivity contribution in [3.8, 4) is 0 Å². The molecule has 0 spiro atoms. The van der Waals surface area contributed by atoms with Crippen LogP contribution in [0.4, 0.5) is 0 Å². The molecule has 0 N–H and O–H groups in total. The van der Waals surface area contributed by atoms with Crippen LogP contribution in [0.3, 0.4) is 0 Å². The quantitative estimate of drug-likeness (QED) is 0.663. The molecule has 3 aromatic rings. The molecule has 3 rings (SSSR count). The summed E-state index contributed by atoms with van der Waals surface area (Å²) in [7, 11) is 0. The number of benzene rings is 1. The lowest BCUT2D eigenvalue weighted by Gasteiger charge is -2.05. The van der Waals surface area contributed by atoms with Gasteiger partial charge in [-0.2, -0.15) is 5.10 Å². The Morgan fingerprint density at radius 2 is 2.05 bits per heavy atom. The highest BCUT2D eigenvalue weighted by molar-refractivity contribution is 7.16. The molecule has 112 valence electrons. The number of hydrogen-bond donors (Lipinski definition) is 0. The third kappa shape index (κ3) is 3.75. The lowest BCUT2D eigenvalue weighted by atomic mass is 10.1. The van der Waals surface area contributed by atoms with Crippen LogP contribution in [-0.2, 0) is 17.9 Å². The molecular weight excluding hydrogens is 320 g/mol. The second-order valence-corrected chi connectivity index (χ2v) is 6.48. The molecule has 0 unspecified atom stereocenters. The van der Waals surface area contributed by atoms with Gasteiger partial charge < -0.3 is 4.74 Å². The number of rotatable bonds is 5. The molecule has 0 aliphatic rings. The molecule has 1 aromatic carbocycles. The van der Waals surface area contributed by atoms with E-state index in [1.807, 2.05) is 35.1 Å². The summed E-state index contributed by atoms with van der Waals surface area (Å²) in [6, 6.07) is 12.9. The van der Waals surface area contributed by atoms with Crippen molar-refractivity contribution < 1.29 is 9.53 Å². The van der Waals surface area contributed by atoms with Gasteiger partial charge in [0.2, 0.25) is 0 Å². The molecule has 0 amide bonds. The summed E-state index contributed by atoms with van der Waals surface area (Å²) >= 11 is 7.25. The molecule has 0 aliphatic heterocycles. The Morgan fingerprint density at radius 1 is 1.23 bits per heavy atom.